The highest BCUT2D eigenvalue weighted by Crippen LogP contribution is 2.34. The minimum absolute atomic E-state index is 0.0150. The van der Waals surface area contributed by atoms with Crippen molar-refractivity contribution >= 4 is 23.8 Å². The maximum absolute atomic E-state index is 14.5. The first-order chi connectivity index (χ1) is 16.4. The number of ether oxygens (including phenoxy) is 1. The number of anilines is 2. The third-order valence-corrected chi connectivity index (χ3v) is 5.70. The van der Waals surface area contributed by atoms with Gasteiger partial charge in [-0.15, -0.1) is 5.10 Å². The van der Waals surface area contributed by atoms with Crippen LogP contribution in [0.1, 0.15) is 30.6 Å². The molecule has 1 aliphatic rings. The molecule has 4 aromatic rings. The fourth-order valence-corrected chi connectivity index (χ4v) is 4.01. The van der Waals surface area contributed by atoms with Crippen LogP contribution in [0.4, 0.5) is 20.4 Å². The van der Waals surface area contributed by atoms with Gasteiger partial charge >= 0.3 is 0 Å². The topological polar surface area (TPSA) is 73.9 Å². The van der Waals surface area contributed by atoms with Gasteiger partial charge in [0.15, 0.2) is 5.82 Å². The number of pyridine rings is 1. The molecule has 0 amide bonds. The Labute approximate surface area is 195 Å². The molecule has 0 saturated heterocycles. The highest BCUT2D eigenvalue weighted by atomic mass is 19.1. The number of fused-ring (bicyclic) bond motifs is 1. The van der Waals surface area contributed by atoms with Crippen LogP contribution in [0.2, 0.25) is 0 Å². The number of imidazole rings is 1. The summed E-state index contributed by atoms with van der Waals surface area (Å²) < 4.78 is 37.0. The first kappa shape index (κ1) is 21.7. The van der Waals surface area contributed by atoms with E-state index in [0.717, 1.165) is 23.9 Å². The molecule has 0 fully saturated rings. The van der Waals surface area contributed by atoms with Crippen molar-refractivity contribution in [3.8, 4) is 11.6 Å². The lowest BCUT2D eigenvalue weighted by molar-refractivity contribution is 0.395. The van der Waals surface area contributed by atoms with Crippen LogP contribution in [0, 0.1) is 18.6 Å². The van der Waals surface area contributed by atoms with Gasteiger partial charge in [0.05, 0.1) is 30.5 Å². The van der Waals surface area contributed by atoms with Crippen molar-refractivity contribution in [2.45, 2.75) is 32.9 Å². The van der Waals surface area contributed by atoms with Gasteiger partial charge in [-0.3, -0.25) is 0 Å². The molecule has 0 bridgehead atoms. The summed E-state index contributed by atoms with van der Waals surface area (Å²) in [7, 11) is 1.57. The lowest BCUT2D eigenvalue weighted by atomic mass is 10.1. The third-order valence-electron chi connectivity index (χ3n) is 5.70. The van der Waals surface area contributed by atoms with Gasteiger partial charge < -0.3 is 14.2 Å². The molecule has 1 aliphatic heterocycles. The zero-order valence-electron chi connectivity index (χ0n) is 19.0. The molecule has 1 aromatic carbocycles. The molecule has 0 saturated carbocycles. The Kier molecular flexibility index (Phi) is 5.56. The van der Waals surface area contributed by atoms with Crippen molar-refractivity contribution in [1.82, 2.24) is 29.3 Å². The molecule has 4 heterocycles. The monoisotopic (exact) mass is 463 g/mol. The summed E-state index contributed by atoms with van der Waals surface area (Å²) in [4.78, 5) is 15.2. The average molecular weight is 463 g/mol. The molecule has 0 radical (unpaired) electrons. The summed E-state index contributed by atoms with van der Waals surface area (Å²) in [6, 6.07) is 7.31. The predicted octanol–water partition coefficient (Wildman–Crippen LogP) is 4.55. The maximum Gasteiger partial charge on any atom is 0.238 e. The normalized spacial score (nSPS) is 15.7. The summed E-state index contributed by atoms with van der Waals surface area (Å²) in [6.45, 7) is 4.55. The predicted molar refractivity (Wildman–Crippen MR) is 124 cm³/mol. The van der Waals surface area contributed by atoms with E-state index in [1.165, 1.54) is 12.1 Å². The van der Waals surface area contributed by atoms with E-state index >= 15 is 0 Å². The quantitative estimate of drug-likeness (QED) is 0.432. The van der Waals surface area contributed by atoms with E-state index in [-0.39, 0.29) is 11.7 Å². The standard InChI is InChI=1S/C24H23F2N7O/c1-15-13-31(14-27-15)21-8-5-18(28-23(21)34-3)6-9-22-29-24-32(30-22)11-10-16(2)33(24)20-7-4-17(25)12-19(20)26/h4-9,12-14,16H,10-11H2,1-3H3/t16-/m0/s1. The summed E-state index contributed by atoms with van der Waals surface area (Å²) in [5.41, 5.74) is 2.61. The Morgan fingerprint density at radius 1 is 1.09 bits per heavy atom. The minimum Gasteiger partial charge on any atom is -0.479 e. The van der Waals surface area contributed by atoms with Crippen LogP contribution in [0.5, 0.6) is 5.88 Å². The molecule has 0 unspecified atom stereocenters. The number of aromatic nitrogens is 6. The fourth-order valence-electron chi connectivity index (χ4n) is 4.01. The molecule has 8 nitrogen and oxygen atoms in total. The maximum atomic E-state index is 14.5. The zero-order chi connectivity index (χ0) is 23.8. The van der Waals surface area contributed by atoms with E-state index in [4.69, 9.17) is 4.74 Å². The van der Waals surface area contributed by atoms with Crippen molar-refractivity contribution in [2.24, 2.45) is 0 Å². The summed E-state index contributed by atoms with van der Waals surface area (Å²) in [5, 5.41) is 4.54. The lowest BCUT2D eigenvalue weighted by Crippen LogP contribution is -2.36. The second kappa shape index (κ2) is 8.69. The molecule has 0 spiro atoms. The molecule has 3 aromatic heterocycles. The number of nitrogens with zero attached hydrogens (tertiary/aromatic N) is 7. The SMILES string of the molecule is COc1nc(C=Cc2nc3n(n2)CC[C@H](C)N3c2ccc(F)cc2F)ccc1-n1cnc(C)c1. The van der Waals surface area contributed by atoms with Crippen molar-refractivity contribution in [1.29, 1.82) is 0 Å². The van der Waals surface area contributed by atoms with Crippen molar-refractivity contribution in [3.05, 3.63) is 71.7 Å². The third kappa shape index (κ3) is 4.02. The van der Waals surface area contributed by atoms with Gasteiger partial charge in [-0.05, 0) is 56.7 Å². The van der Waals surface area contributed by atoms with Gasteiger partial charge in [-0.2, -0.15) is 4.98 Å². The highest BCUT2D eigenvalue weighted by Gasteiger charge is 2.29. The first-order valence-electron chi connectivity index (χ1n) is 10.9. The van der Waals surface area contributed by atoms with E-state index in [9.17, 15) is 8.78 Å². The zero-order valence-corrected chi connectivity index (χ0v) is 19.0. The molecule has 1 atom stereocenters. The van der Waals surface area contributed by atoms with E-state index in [0.29, 0.717) is 29.9 Å². The molecular weight excluding hydrogens is 440 g/mol. The second-order valence-electron chi connectivity index (χ2n) is 8.12. The minimum atomic E-state index is -0.634. The number of hydrogen-bond donors (Lipinski definition) is 0. The van der Waals surface area contributed by atoms with Crippen molar-refractivity contribution in [3.63, 3.8) is 0 Å². The number of methoxy groups -OCH3 is 1. The number of benzene rings is 1. The Balaban J connectivity index is 1.44. The van der Waals surface area contributed by atoms with E-state index in [2.05, 4.69) is 20.1 Å². The molecule has 34 heavy (non-hydrogen) atoms. The lowest BCUT2D eigenvalue weighted by Gasteiger charge is -2.34. The van der Waals surface area contributed by atoms with Crippen LogP contribution in [-0.4, -0.2) is 42.5 Å². The number of aryl methyl sites for hydroxylation is 2. The van der Waals surface area contributed by atoms with Crippen LogP contribution >= 0.6 is 0 Å². The molecular formula is C24H23F2N7O. The Hall–Kier alpha value is -4.08. The van der Waals surface area contributed by atoms with Crippen LogP contribution in [0.15, 0.2) is 42.9 Å². The molecule has 0 N–H and O–H groups in total. The van der Waals surface area contributed by atoms with Gasteiger partial charge in [-0.1, -0.05) is 0 Å². The van der Waals surface area contributed by atoms with Gasteiger partial charge in [0.2, 0.25) is 11.8 Å². The van der Waals surface area contributed by atoms with Crippen LogP contribution in [-0.2, 0) is 6.54 Å². The van der Waals surface area contributed by atoms with Crippen LogP contribution in [0.3, 0.4) is 0 Å². The summed E-state index contributed by atoms with van der Waals surface area (Å²) >= 11 is 0. The molecule has 174 valence electrons. The number of rotatable bonds is 5. The van der Waals surface area contributed by atoms with E-state index in [1.807, 2.05) is 36.7 Å². The fraction of sp³-hybridized carbons (Fsp3) is 0.250. The van der Waals surface area contributed by atoms with Crippen LogP contribution in [0.25, 0.3) is 17.8 Å². The smallest absolute Gasteiger partial charge is 0.238 e. The van der Waals surface area contributed by atoms with Gasteiger partial charge in [0.25, 0.3) is 0 Å². The number of halogens is 2. The Morgan fingerprint density at radius 2 is 1.91 bits per heavy atom. The Bertz CT molecular complexity index is 1380. The number of hydrogen-bond acceptors (Lipinski definition) is 6. The van der Waals surface area contributed by atoms with Gasteiger partial charge in [0, 0.05) is 24.8 Å². The molecule has 10 heteroatoms. The highest BCUT2D eigenvalue weighted by molar-refractivity contribution is 5.67. The van der Waals surface area contributed by atoms with E-state index < -0.39 is 11.6 Å². The van der Waals surface area contributed by atoms with E-state index in [1.54, 1.807) is 35.2 Å². The van der Waals surface area contributed by atoms with Gasteiger partial charge in [0.1, 0.15) is 17.3 Å². The average Bonchev–Trinajstić information content (AvgIpc) is 3.44. The first-order valence-corrected chi connectivity index (χ1v) is 10.9. The second-order valence-corrected chi connectivity index (χ2v) is 8.12. The van der Waals surface area contributed by atoms with Crippen LogP contribution < -0.4 is 9.64 Å². The van der Waals surface area contributed by atoms with Crippen molar-refractivity contribution in [2.75, 3.05) is 12.0 Å². The molecule has 0 aliphatic carbocycles. The van der Waals surface area contributed by atoms with Gasteiger partial charge in [-0.25, -0.2) is 23.4 Å². The largest absolute Gasteiger partial charge is 0.479 e. The summed E-state index contributed by atoms with van der Waals surface area (Å²) in [5.74, 6) is 0.188. The van der Waals surface area contributed by atoms with Crippen molar-refractivity contribution < 1.29 is 13.5 Å². The summed E-state index contributed by atoms with van der Waals surface area (Å²) in [6.07, 6.45) is 7.90. The molecule has 5 rings (SSSR count). The Morgan fingerprint density at radius 3 is 2.65 bits per heavy atom.